The molecule has 0 aromatic heterocycles. The average molecular weight is 316 g/mol. The Hall–Kier alpha value is -1.40. The molecule has 1 aromatic carbocycles. The summed E-state index contributed by atoms with van der Waals surface area (Å²) in [7, 11) is 0. The first-order chi connectivity index (χ1) is 8.49. The molecule has 1 unspecified atom stereocenters. The summed E-state index contributed by atoms with van der Waals surface area (Å²) in [6, 6.07) is 7.68. The topological polar surface area (TPSA) is 75.6 Å². The van der Waals surface area contributed by atoms with E-state index in [4.69, 9.17) is 5.11 Å². The van der Waals surface area contributed by atoms with Gasteiger partial charge in [-0.15, -0.1) is 0 Å². The number of carbonyl (C=O) groups is 2. The lowest BCUT2D eigenvalue weighted by atomic mass is 9.98. The van der Waals surface area contributed by atoms with Crippen LogP contribution in [0.1, 0.15) is 24.8 Å². The fourth-order valence-electron chi connectivity index (χ4n) is 1.41. The summed E-state index contributed by atoms with van der Waals surface area (Å²) in [5, 5.41) is 8.33. The van der Waals surface area contributed by atoms with Crippen molar-refractivity contribution < 1.29 is 19.5 Å². The van der Waals surface area contributed by atoms with Crippen LogP contribution in [0.3, 0.4) is 0 Å². The molecule has 0 fully saturated rings. The van der Waals surface area contributed by atoms with Gasteiger partial charge in [0, 0.05) is 10.9 Å². The van der Waals surface area contributed by atoms with Crippen LogP contribution in [0.25, 0.3) is 0 Å². The molecule has 0 aliphatic heterocycles. The molecule has 1 atom stereocenters. The molecule has 1 rings (SSSR count). The number of aliphatic carboxylic acids is 1. The zero-order valence-electron chi connectivity index (χ0n) is 9.85. The number of nitrogens with one attached hydrogen (secondary N) is 1. The van der Waals surface area contributed by atoms with Crippen molar-refractivity contribution in [3.05, 3.63) is 34.3 Å². The van der Waals surface area contributed by atoms with Crippen molar-refractivity contribution in [3.8, 4) is 0 Å². The smallest absolute Gasteiger partial charge is 0.332 e. The molecule has 0 saturated carbocycles. The summed E-state index contributed by atoms with van der Waals surface area (Å²) in [5.41, 5.74) is 3.13. The van der Waals surface area contributed by atoms with Gasteiger partial charge in [0.1, 0.15) is 0 Å². The second-order valence-corrected chi connectivity index (χ2v) is 4.78. The maximum absolute atomic E-state index is 11.4. The molecular weight excluding hydrogens is 302 g/mol. The number of hydroxylamine groups is 1. The predicted molar refractivity (Wildman–Crippen MR) is 68.9 cm³/mol. The quantitative estimate of drug-likeness (QED) is 0.788. The second-order valence-electron chi connectivity index (χ2n) is 3.86. The van der Waals surface area contributed by atoms with Crippen LogP contribution in [-0.2, 0) is 14.4 Å². The zero-order chi connectivity index (χ0) is 13.5. The number of hydrogen-bond acceptors (Lipinski definition) is 3. The van der Waals surface area contributed by atoms with Crippen LogP contribution < -0.4 is 5.48 Å². The normalized spacial score (nSPS) is 11.9. The third-order valence-electron chi connectivity index (χ3n) is 2.31. The standard InChI is InChI=1S/C12H14BrNO4/c1-8(9-2-4-10(13)5-3-9)6-11(15)14-18-7-12(16)17/h2-5,8H,6-7H2,1H3,(H,14,15)(H,16,17). The van der Waals surface area contributed by atoms with E-state index in [1.54, 1.807) is 0 Å². The molecule has 0 heterocycles. The highest BCUT2D eigenvalue weighted by atomic mass is 79.9. The van der Waals surface area contributed by atoms with Crippen LogP contribution in [0.4, 0.5) is 0 Å². The first-order valence-corrected chi connectivity index (χ1v) is 6.16. The minimum atomic E-state index is -1.13. The van der Waals surface area contributed by atoms with Gasteiger partial charge in [0.05, 0.1) is 0 Å². The van der Waals surface area contributed by atoms with Crippen molar-refractivity contribution in [2.24, 2.45) is 0 Å². The summed E-state index contributed by atoms with van der Waals surface area (Å²) in [6.45, 7) is 1.37. The van der Waals surface area contributed by atoms with E-state index in [0.717, 1.165) is 10.0 Å². The largest absolute Gasteiger partial charge is 0.479 e. The molecule has 0 saturated heterocycles. The van der Waals surface area contributed by atoms with Crippen LogP contribution in [0.2, 0.25) is 0 Å². The summed E-state index contributed by atoms with van der Waals surface area (Å²) in [5.74, 6) is -1.44. The van der Waals surface area contributed by atoms with Gasteiger partial charge in [-0.05, 0) is 23.6 Å². The fourth-order valence-corrected chi connectivity index (χ4v) is 1.67. The Morgan fingerprint density at radius 2 is 2.00 bits per heavy atom. The van der Waals surface area contributed by atoms with E-state index >= 15 is 0 Å². The molecule has 1 aromatic rings. The number of amides is 1. The number of carboxylic acids is 1. The zero-order valence-corrected chi connectivity index (χ0v) is 11.4. The van der Waals surface area contributed by atoms with Gasteiger partial charge in [-0.1, -0.05) is 35.0 Å². The molecule has 2 N–H and O–H groups in total. The highest BCUT2D eigenvalue weighted by Crippen LogP contribution is 2.20. The molecular formula is C12H14BrNO4. The van der Waals surface area contributed by atoms with E-state index in [1.165, 1.54) is 0 Å². The maximum Gasteiger partial charge on any atom is 0.332 e. The molecule has 0 aliphatic carbocycles. The number of rotatable bonds is 6. The highest BCUT2D eigenvalue weighted by molar-refractivity contribution is 9.10. The minimum absolute atomic E-state index is 0.0338. The Morgan fingerprint density at radius 3 is 2.56 bits per heavy atom. The molecule has 0 spiro atoms. The van der Waals surface area contributed by atoms with Gasteiger partial charge in [0.25, 0.3) is 0 Å². The summed E-state index contributed by atoms with van der Waals surface area (Å²) < 4.78 is 0.979. The lowest BCUT2D eigenvalue weighted by molar-refractivity contribution is -0.149. The first-order valence-electron chi connectivity index (χ1n) is 5.37. The maximum atomic E-state index is 11.4. The van der Waals surface area contributed by atoms with E-state index in [1.807, 2.05) is 31.2 Å². The average Bonchev–Trinajstić information content (AvgIpc) is 2.29. The van der Waals surface area contributed by atoms with Gasteiger partial charge in [0.15, 0.2) is 6.61 Å². The molecule has 0 bridgehead atoms. The Balaban J connectivity index is 2.39. The second kappa shape index (κ2) is 7.13. The predicted octanol–water partition coefficient (Wildman–Crippen LogP) is 2.08. The SMILES string of the molecule is CC(CC(=O)NOCC(=O)O)c1ccc(Br)cc1. The van der Waals surface area contributed by atoms with Gasteiger partial charge in [-0.25, -0.2) is 10.3 Å². The van der Waals surface area contributed by atoms with Crippen molar-refractivity contribution in [2.45, 2.75) is 19.3 Å². The van der Waals surface area contributed by atoms with E-state index in [-0.39, 0.29) is 18.2 Å². The number of hydrogen-bond donors (Lipinski definition) is 2. The molecule has 98 valence electrons. The molecule has 6 heteroatoms. The lowest BCUT2D eigenvalue weighted by Gasteiger charge is -2.11. The monoisotopic (exact) mass is 315 g/mol. The van der Waals surface area contributed by atoms with Gasteiger partial charge >= 0.3 is 5.97 Å². The third kappa shape index (κ3) is 5.29. The molecule has 0 radical (unpaired) electrons. The van der Waals surface area contributed by atoms with Crippen LogP contribution in [0.15, 0.2) is 28.7 Å². The van der Waals surface area contributed by atoms with Crippen LogP contribution in [-0.4, -0.2) is 23.6 Å². The number of carbonyl (C=O) groups excluding carboxylic acids is 1. The van der Waals surface area contributed by atoms with E-state index in [2.05, 4.69) is 26.2 Å². The number of halogens is 1. The van der Waals surface area contributed by atoms with Crippen molar-refractivity contribution >= 4 is 27.8 Å². The van der Waals surface area contributed by atoms with E-state index < -0.39 is 12.6 Å². The van der Waals surface area contributed by atoms with E-state index in [0.29, 0.717) is 0 Å². The molecule has 0 aliphatic rings. The van der Waals surface area contributed by atoms with Gasteiger partial charge < -0.3 is 5.11 Å². The van der Waals surface area contributed by atoms with Crippen molar-refractivity contribution in [2.75, 3.05) is 6.61 Å². The number of benzene rings is 1. The highest BCUT2D eigenvalue weighted by Gasteiger charge is 2.11. The van der Waals surface area contributed by atoms with Gasteiger partial charge in [-0.2, -0.15) is 0 Å². The summed E-state index contributed by atoms with van der Waals surface area (Å²) in [4.78, 5) is 26.1. The van der Waals surface area contributed by atoms with Crippen molar-refractivity contribution in [1.29, 1.82) is 0 Å². The Labute approximate surface area is 113 Å². The van der Waals surface area contributed by atoms with Crippen molar-refractivity contribution in [3.63, 3.8) is 0 Å². The minimum Gasteiger partial charge on any atom is -0.479 e. The Morgan fingerprint density at radius 1 is 1.39 bits per heavy atom. The lowest BCUT2D eigenvalue weighted by Crippen LogP contribution is -2.27. The van der Waals surface area contributed by atoms with Crippen LogP contribution >= 0.6 is 15.9 Å². The summed E-state index contributed by atoms with van der Waals surface area (Å²) in [6.07, 6.45) is 0.237. The molecule has 5 nitrogen and oxygen atoms in total. The van der Waals surface area contributed by atoms with Gasteiger partial charge in [-0.3, -0.25) is 9.63 Å². The Kier molecular flexibility index (Phi) is 5.80. The van der Waals surface area contributed by atoms with Gasteiger partial charge in [0.2, 0.25) is 5.91 Å². The third-order valence-corrected chi connectivity index (χ3v) is 2.84. The van der Waals surface area contributed by atoms with Crippen LogP contribution in [0, 0.1) is 0 Å². The number of carboxylic acid groups (broad SMARTS) is 1. The molecule has 1 amide bonds. The first kappa shape index (κ1) is 14.7. The molecule has 18 heavy (non-hydrogen) atoms. The van der Waals surface area contributed by atoms with Crippen LogP contribution in [0.5, 0.6) is 0 Å². The Bertz CT molecular complexity index is 419. The fraction of sp³-hybridized carbons (Fsp3) is 0.333. The van der Waals surface area contributed by atoms with E-state index in [9.17, 15) is 9.59 Å². The summed E-state index contributed by atoms with van der Waals surface area (Å²) >= 11 is 3.34. The van der Waals surface area contributed by atoms with Crippen molar-refractivity contribution in [1.82, 2.24) is 5.48 Å².